The Morgan fingerprint density at radius 1 is 0.938 bits per heavy atom. The minimum absolute atomic E-state index is 0.183. The van der Waals surface area contributed by atoms with E-state index in [0.717, 1.165) is 33.7 Å². The summed E-state index contributed by atoms with van der Waals surface area (Å²) in [6.45, 7) is 7.01. The number of urea groups is 1. The zero-order valence-corrected chi connectivity index (χ0v) is 20.2. The lowest BCUT2D eigenvalue weighted by atomic mass is 10.1. The normalized spacial score (nSPS) is 13.8. The Hall–Kier alpha value is -2.79. The van der Waals surface area contributed by atoms with E-state index in [-0.39, 0.29) is 11.9 Å². The number of nitrogens with one attached hydrogen (secondary N) is 2. The van der Waals surface area contributed by atoms with Crippen LogP contribution in [0.1, 0.15) is 25.6 Å². The number of carbonyl (C=O) groups excluding carboxylic acids is 1. The van der Waals surface area contributed by atoms with Crippen LogP contribution in [-0.4, -0.2) is 47.3 Å². The zero-order valence-electron chi connectivity index (χ0n) is 18.0. The molecule has 2 amide bonds. The van der Waals surface area contributed by atoms with E-state index >= 15 is 0 Å². The van der Waals surface area contributed by atoms with Crippen LogP contribution in [-0.2, 0) is 4.74 Å². The molecule has 0 unspecified atom stereocenters. The van der Waals surface area contributed by atoms with E-state index < -0.39 is 0 Å². The summed E-state index contributed by atoms with van der Waals surface area (Å²) in [6, 6.07) is 14.8. The Labute approximate surface area is 201 Å². The van der Waals surface area contributed by atoms with Gasteiger partial charge in [-0.1, -0.05) is 13.8 Å². The van der Waals surface area contributed by atoms with Gasteiger partial charge in [-0.3, -0.25) is 0 Å². The van der Waals surface area contributed by atoms with Crippen molar-refractivity contribution in [2.24, 2.45) is 0 Å². The molecule has 1 saturated heterocycles. The van der Waals surface area contributed by atoms with E-state index in [1.165, 1.54) is 0 Å². The summed E-state index contributed by atoms with van der Waals surface area (Å²) in [5.74, 6) is 2.25. The second kappa shape index (κ2) is 10.2. The molecule has 1 aromatic heterocycles. The van der Waals surface area contributed by atoms with Crippen LogP contribution in [0.25, 0.3) is 11.4 Å². The maximum atomic E-state index is 12.3. The second-order valence-corrected chi connectivity index (χ2v) is 8.98. The Balaban J connectivity index is 1.49. The Morgan fingerprint density at radius 2 is 1.53 bits per heavy atom. The summed E-state index contributed by atoms with van der Waals surface area (Å²) in [6.07, 6.45) is 0. The molecule has 3 aromatic rings. The van der Waals surface area contributed by atoms with Crippen LogP contribution in [0.4, 0.5) is 22.1 Å². The molecule has 0 aliphatic carbocycles. The molecule has 2 aromatic carbocycles. The highest BCUT2D eigenvalue weighted by Crippen LogP contribution is 2.23. The standard InChI is InChI=1S/C23H25IN6O2/c1-15(2)20-27-21(29-22(28-20)30-11-13-32-14-12-30)16-3-7-18(8-4-16)25-23(31)26-19-9-5-17(24)6-10-19/h3-10,15H,11-14H2,1-2H3,(H2,25,26,31). The molecule has 1 fully saturated rings. The predicted octanol–water partition coefficient (Wildman–Crippen LogP) is 4.75. The number of benzene rings is 2. The molecule has 0 bridgehead atoms. The number of aromatic nitrogens is 3. The van der Waals surface area contributed by atoms with Crippen molar-refractivity contribution in [1.82, 2.24) is 15.0 Å². The van der Waals surface area contributed by atoms with Gasteiger partial charge in [0.05, 0.1) is 13.2 Å². The molecular weight excluding hydrogens is 519 g/mol. The fourth-order valence-electron chi connectivity index (χ4n) is 3.20. The summed E-state index contributed by atoms with van der Waals surface area (Å²) < 4.78 is 6.56. The van der Waals surface area contributed by atoms with Crippen molar-refractivity contribution in [3.8, 4) is 11.4 Å². The fourth-order valence-corrected chi connectivity index (χ4v) is 3.56. The summed E-state index contributed by atoms with van der Waals surface area (Å²) in [5.41, 5.74) is 2.29. The highest BCUT2D eigenvalue weighted by atomic mass is 127. The molecule has 166 valence electrons. The molecule has 0 atom stereocenters. The number of ether oxygens (including phenoxy) is 1. The first-order chi connectivity index (χ1) is 15.5. The van der Waals surface area contributed by atoms with E-state index in [0.29, 0.717) is 30.7 Å². The zero-order chi connectivity index (χ0) is 22.5. The first-order valence-electron chi connectivity index (χ1n) is 10.5. The van der Waals surface area contributed by atoms with Gasteiger partial charge in [-0.2, -0.15) is 9.97 Å². The number of morpholine rings is 1. The summed E-state index contributed by atoms with van der Waals surface area (Å²) in [4.78, 5) is 28.5. The highest BCUT2D eigenvalue weighted by Gasteiger charge is 2.18. The molecule has 1 aliphatic rings. The van der Waals surface area contributed by atoms with Crippen molar-refractivity contribution in [2.75, 3.05) is 41.8 Å². The SMILES string of the molecule is CC(C)c1nc(-c2ccc(NC(=O)Nc3ccc(I)cc3)cc2)nc(N2CCOCC2)n1. The van der Waals surface area contributed by atoms with E-state index in [2.05, 4.69) is 61.9 Å². The van der Waals surface area contributed by atoms with Crippen molar-refractivity contribution < 1.29 is 9.53 Å². The van der Waals surface area contributed by atoms with E-state index in [9.17, 15) is 4.79 Å². The number of rotatable bonds is 5. The third-order valence-corrected chi connectivity index (χ3v) is 5.67. The second-order valence-electron chi connectivity index (χ2n) is 7.73. The number of hydrogen-bond acceptors (Lipinski definition) is 6. The van der Waals surface area contributed by atoms with Crippen LogP contribution in [0.3, 0.4) is 0 Å². The number of hydrogen-bond donors (Lipinski definition) is 2. The fraction of sp³-hybridized carbons (Fsp3) is 0.304. The molecule has 9 heteroatoms. The third-order valence-electron chi connectivity index (χ3n) is 4.95. The summed E-state index contributed by atoms with van der Waals surface area (Å²) >= 11 is 2.23. The molecule has 4 rings (SSSR count). The molecular formula is C23H25IN6O2. The van der Waals surface area contributed by atoms with Gasteiger partial charge in [-0.05, 0) is 71.1 Å². The van der Waals surface area contributed by atoms with Gasteiger partial charge in [0, 0.05) is 39.5 Å². The van der Waals surface area contributed by atoms with Crippen LogP contribution in [0.5, 0.6) is 0 Å². The van der Waals surface area contributed by atoms with Crippen LogP contribution in [0, 0.1) is 3.57 Å². The molecule has 0 saturated carbocycles. The van der Waals surface area contributed by atoms with Gasteiger partial charge in [-0.15, -0.1) is 0 Å². The predicted molar refractivity (Wildman–Crippen MR) is 134 cm³/mol. The lowest BCUT2D eigenvalue weighted by molar-refractivity contribution is 0.122. The number of anilines is 3. The Bertz CT molecular complexity index is 1070. The molecule has 0 radical (unpaired) electrons. The molecule has 2 N–H and O–H groups in total. The van der Waals surface area contributed by atoms with Gasteiger partial charge in [0.1, 0.15) is 5.82 Å². The van der Waals surface area contributed by atoms with E-state index in [4.69, 9.17) is 9.72 Å². The van der Waals surface area contributed by atoms with Crippen LogP contribution >= 0.6 is 22.6 Å². The lowest BCUT2D eigenvalue weighted by Gasteiger charge is -2.27. The smallest absolute Gasteiger partial charge is 0.323 e. The van der Waals surface area contributed by atoms with Crippen molar-refractivity contribution in [3.05, 3.63) is 57.9 Å². The molecule has 1 aliphatic heterocycles. The Kier molecular flexibility index (Phi) is 7.15. The molecule has 0 spiro atoms. The van der Waals surface area contributed by atoms with Crippen LogP contribution in [0.15, 0.2) is 48.5 Å². The minimum atomic E-state index is -0.296. The minimum Gasteiger partial charge on any atom is -0.378 e. The third kappa shape index (κ3) is 5.71. The number of halogens is 1. The van der Waals surface area contributed by atoms with Gasteiger partial charge >= 0.3 is 6.03 Å². The Morgan fingerprint density at radius 3 is 2.12 bits per heavy atom. The highest BCUT2D eigenvalue weighted by molar-refractivity contribution is 14.1. The largest absolute Gasteiger partial charge is 0.378 e. The monoisotopic (exact) mass is 544 g/mol. The van der Waals surface area contributed by atoms with Gasteiger partial charge < -0.3 is 20.3 Å². The van der Waals surface area contributed by atoms with Gasteiger partial charge in [0.25, 0.3) is 0 Å². The maximum absolute atomic E-state index is 12.3. The lowest BCUT2D eigenvalue weighted by Crippen LogP contribution is -2.37. The number of nitrogens with zero attached hydrogens (tertiary/aromatic N) is 4. The van der Waals surface area contributed by atoms with Gasteiger partial charge in [0.2, 0.25) is 5.95 Å². The van der Waals surface area contributed by atoms with E-state index in [1.54, 1.807) is 0 Å². The average molecular weight is 544 g/mol. The van der Waals surface area contributed by atoms with Gasteiger partial charge in [-0.25, -0.2) is 9.78 Å². The molecule has 8 nitrogen and oxygen atoms in total. The van der Waals surface area contributed by atoms with E-state index in [1.807, 2.05) is 48.5 Å². The van der Waals surface area contributed by atoms with Crippen molar-refractivity contribution in [3.63, 3.8) is 0 Å². The topological polar surface area (TPSA) is 92.3 Å². The molecule has 32 heavy (non-hydrogen) atoms. The molecule has 2 heterocycles. The van der Waals surface area contributed by atoms with Crippen molar-refractivity contribution in [1.29, 1.82) is 0 Å². The van der Waals surface area contributed by atoms with Crippen LogP contribution < -0.4 is 15.5 Å². The van der Waals surface area contributed by atoms with Crippen molar-refractivity contribution in [2.45, 2.75) is 19.8 Å². The maximum Gasteiger partial charge on any atom is 0.323 e. The van der Waals surface area contributed by atoms with Crippen LogP contribution in [0.2, 0.25) is 0 Å². The average Bonchev–Trinajstić information content (AvgIpc) is 2.81. The summed E-state index contributed by atoms with van der Waals surface area (Å²) in [7, 11) is 0. The first-order valence-corrected chi connectivity index (χ1v) is 11.6. The summed E-state index contributed by atoms with van der Waals surface area (Å²) in [5, 5.41) is 5.67. The quantitative estimate of drug-likeness (QED) is 0.451. The van der Waals surface area contributed by atoms with Gasteiger partial charge in [0.15, 0.2) is 5.82 Å². The number of amides is 2. The number of carbonyl (C=O) groups is 1. The first kappa shape index (κ1) is 22.4. The van der Waals surface area contributed by atoms with Crippen molar-refractivity contribution >= 4 is 45.9 Å².